The van der Waals surface area contributed by atoms with Crippen LogP contribution in [0.4, 0.5) is 5.69 Å². The molecule has 8 nitrogen and oxygen atoms in total. The van der Waals surface area contributed by atoms with E-state index in [2.05, 4.69) is 5.32 Å². The van der Waals surface area contributed by atoms with Gasteiger partial charge in [-0.25, -0.2) is 8.42 Å². The maximum atomic E-state index is 12.3. The summed E-state index contributed by atoms with van der Waals surface area (Å²) in [5.41, 5.74) is 1.39. The minimum atomic E-state index is -3.34. The van der Waals surface area contributed by atoms with Gasteiger partial charge in [0.2, 0.25) is 10.0 Å². The summed E-state index contributed by atoms with van der Waals surface area (Å²) in [5, 5.41) is 2.89. The number of anilines is 1. The number of amides is 1. The number of hydrogen-bond donors (Lipinski definition) is 1. The Morgan fingerprint density at radius 3 is 2.19 bits per heavy atom. The van der Waals surface area contributed by atoms with Crippen LogP contribution in [0, 0.1) is 0 Å². The number of carbonyl (C=O) groups excluding carboxylic acids is 1. The lowest BCUT2D eigenvalue weighted by molar-refractivity contribution is -0.123. The summed E-state index contributed by atoms with van der Waals surface area (Å²) >= 11 is 0. The second-order valence-electron chi connectivity index (χ2n) is 6.87. The van der Waals surface area contributed by atoms with E-state index in [1.807, 2.05) is 39.0 Å². The summed E-state index contributed by atoms with van der Waals surface area (Å²) in [5.74, 6) is 1.49. The molecule has 170 valence electrons. The molecular weight excluding hydrogens is 420 g/mol. The smallest absolute Gasteiger partial charge is 0.258 e. The summed E-state index contributed by atoms with van der Waals surface area (Å²) in [6, 6.07) is 11.8. The van der Waals surface area contributed by atoms with Gasteiger partial charge in [0.05, 0.1) is 31.2 Å². The van der Waals surface area contributed by atoms with Crippen molar-refractivity contribution in [1.29, 1.82) is 0 Å². The van der Waals surface area contributed by atoms with Gasteiger partial charge in [-0.3, -0.25) is 9.10 Å². The van der Waals surface area contributed by atoms with Crippen LogP contribution in [0.15, 0.2) is 42.5 Å². The molecule has 0 radical (unpaired) electrons. The first-order chi connectivity index (χ1) is 14.7. The molecule has 0 aliphatic heterocycles. The molecule has 2 rings (SSSR count). The zero-order valence-corrected chi connectivity index (χ0v) is 19.4. The third kappa shape index (κ3) is 7.06. The van der Waals surface area contributed by atoms with Gasteiger partial charge in [-0.15, -0.1) is 0 Å². The largest absolute Gasteiger partial charge is 0.490 e. The Balaban J connectivity index is 1.94. The second kappa shape index (κ2) is 10.9. The fourth-order valence-corrected chi connectivity index (χ4v) is 3.30. The number of hydrogen-bond acceptors (Lipinski definition) is 6. The van der Waals surface area contributed by atoms with Crippen LogP contribution in [0.5, 0.6) is 17.2 Å². The molecule has 0 saturated carbocycles. The SMILES string of the molecule is CCOc1ccc([C@@H](C)NC(=O)COc2ccc(N(C)S(C)(=O)=O)cc2)cc1OCC. The number of nitrogens with zero attached hydrogens (tertiary/aromatic N) is 1. The van der Waals surface area contributed by atoms with E-state index in [1.165, 1.54) is 11.4 Å². The van der Waals surface area contributed by atoms with Crippen molar-refractivity contribution in [3.8, 4) is 17.2 Å². The van der Waals surface area contributed by atoms with Crippen molar-refractivity contribution in [2.75, 3.05) is 37.4 Å². The first-order valence-corrected chi connectivity index (χ1v) is 11.9. The molecule has 31 heavy (non-hydrogen) atoms. The Hall–Kier alpha value is -2.94. The minimum Gasteiger partial charge on any atom is -0.490 e. The van der Waals surface area contributed by atoms with Gasteiger partial charge in [-0.1, -0.05) is 6.07 Å². The van der Waals surface area contributed by atoms with Crippen LogP contribution >= 0.6 is 0 Å². The molecule has 0 fully saturated rings. The van der Waals surface area contributed by atoms with Gasteiger partial charge < -0.3 is 19.5 Å². The van der Waals surface area contributed by atoms with Crippen LogP contribution < -0.4 is 23.8 Å². The lowest BCUT2D eigenvalue weighted by Gasteiger charge is -2.18. The van der Waals surface area contributed by atoms with E-state index < -0.39 is 10.0 Å². The van der Waals surface area contributed by atoms with Crippen molar-refractivity contribution in [2.24, 2.45) is 0 Å². The molecule has 0 saturated heterocycles. The van der Waals surface area contributed by atoms with E-state index >= 15 is 0 Å². The van der Waals surface area contributed by atoms with Crippen molar-refractivity contribution in [1.82, 2.24) is 5.32 Å². The van der Waals surface area contributed by atoms with E-state index in [4.69, 9.17) is 14.2 Å². The van der Waals surface area contributed by atoms with Crippen molar-refractivity contribution >= 4 is 21.6 Å². The third-order valence-electron chi connectivity index (χ3n) is 4.51. The van der Waals surface area contributed by atoms with Gasteiger partial charge in [-0.2, -0.15) is 0 Å². The van der Waals surface area contributed by atoms with Crippen molar-refractivity contribution in [2.45, 2.75) is 26.8 Å². The Morgan fingerprint density at radius 1 is 1.00 bits per heavy atom. The zero-order valence-electron chi connectivity index (χ0n) is 18.5. The molecule has 0 heterocycles. The van der Waals surface area contributed by atoms with Gasteiger partial charge in [0.1, 0.15) is 5.75 Å². The molecule has 0 unspecified atom stereocenters. The van der Waals surface area contributed by atoms with Crippen molar-refractivity contribution in [3.05, 3.63) is 48.0 Å². The molecule has 1 N–H and O–H groups in total. The Bertz CT molecular complexity index is 976. The standard InChI is InChI=1S/C22H30N2O6S/c1-6-28-20-13-8-17(14-21(20)29-7-2)16(3)23-22(25)15-30-19-11-9-18(10-12-19)24(4)31(5,26)27/h8-14,16H,6-7,15H2,1-5H3,(H,23,25)/t16-/m1/s1. The molecule has 0 spiro atoms. The Labute approximate surface area is 184 Å². The van der Waals surface area contributed by atoms with Crippen LogP contribution in [0.1, 0.15) is 32.4 Å². The molecule has 9 heteroatoms. The summed E-state index contributed by atoms with van der Waals surface area (Å²) in [4.78, 5) is 12.3. The average Bonchev–Trinajstić information content (AvgIpc) is 2.73. The number of rotatable bonds is 11. The molecule has 2 aromatic carbocycles. The molecule has 0 aromatic heterocycles. The highest BCUT2D eigenvalue weighted by Gasteiger charge is 2.15. The van der Waals surface area contributed by atoms with Crippen LogP contribution in [0.25, 0.3) is 0 Å². The topological polar surface area (TPSA) is 94.2 Å². The molecular formula is C22H30N2O6S. The van der Waals surface area contributed by atoms with Crippen LogP contribution in [-0.2, 0) is 14.8 Å². The lowest BCUT2D eigenvalue weighted by Crippen LogP contribution is -2.31. The molecule has 1 atom stereocenters. The van der Waals surface area contributed by atoms with Crippen LogP contribution in [-0.4, -0.2) is 47.4 Å². The highest BCUT2D eigenvalue weighted by molar-refractivity contribution is 7.92. The zero-order chi connectivity index (χ0) is 23.0. The van der Waals surface area contributed by atoms with Crippen molar-refractivity contribution < 1.29 is 27.4 Å². The quantitative estimate of drug-likeness (QED) is 0.565. The minimum absolute atomic E-state index is 0.166. The van der Waals surface area contributed by atoms with E-state index in [0.29, 0.717) is 36.1 Å². The number of benzene rings is 2. The average molecular weight is 451 g/mol. The maximum Gasteiger partial charge on any atom is 0.258 e. The molecule has 0 aliphatic carbocycles. The highest BCUT2D eigenvalue weighted by Crippen LogP contribution is 2.30. The first-order valence-electron chi connectivity index (χ1n) is 10.0. The highest BCUT2D eigenvalue weighted by atomic mass is 32.2. The van der Waals surface area contributed by atoms with Gasteiger partial charge in [0.15, 0.2) is 18.1 Å². The predicted molar refractivity (Wildman–Crippen MR) is 121 cm³/mol. The van der Waals surface area contributed by atoms with E-state index in [-0.39, 0.29) is 18.6 Å². The lowest BCUT2D eigenvalue weighted by atomic mass is 10.1. The summed E-state index contributed by atoms with van der Waals surface area (Å²) in [7, 11) is -1.87. The van der Waals surface area contributed by atoms with E-state index in [1.54, 1.807) is 24.3 Å². The Kier molecular flexibility index (Phi) is 8.56. The number of sulfonamides is 1. The van der Waals surface area contributed by atoms with Gasteiger partial charge in [-0.05, 0) is 62.7 Å². The van der Waals surface area contributed by atoms with Gasteiger partial charge >= 0.3 is 0 Å². The summed E-state index contributed by atoms with van der Waals surface area (Å²) in [6.07, 6.45) is 1.13. The number of carbonyl (C=O) groups is 1. The molecule has 2 aromatic rings. The normalized spacial score (nSPS) is 12.0. The fourth-order valence-electron chi connectivity index (χ4n) is 2.80. The van der Waals surface area contributed by atoms with E-state index in [0.717, 1.165) is 11.8 Å². The maximum absolute atomic E-state index is 12.3. The molecule has 0 aliphatic rings. The summed E-state index contributed by atoms with van der Waals surface area (Å²) in [6.45, 7) is 6.56. The molecule has 1 amide bonds. The number of nitrogens with one attached hydrogen (secondary N) is 1. The van der Waals surface area contributed by atoms with Gasteiger partial charge in [0.25, 0.3) is 5.91 Å². The second-order valence-corrected chi connectivity index (χ2v) is 8.89. The molecule has 0 bridgehead atoms. The van der Waals surface area contributed by atoms with Gasteiger partial charge in [0, 0.05) is 7.05 Å². The van der Waals surface area contributed by atoms with E-state index in [9.17, 15) is 13.2 Å². The predicted octanol–water partition coefficient (Wildman–Crippen LogP) is 3.14. The summed E-state index contributed by atoms with van der Waals surface area (Å²) < 4.78 is 41.1. The monoisotopic (exact) mass is 450 g/mol. The Morgan fingerprint density at radius 2 is 1.61 bits per heavy atom. The first kappa shape index (κ1) is 24.3. The fraction of sp³-hybridized carbons (Fsp3) is 0.409. The third-order valence-corrected chi connectivity index (χ3v) is 5.72. The van der Waals surface area contributed by atoms with Crippen molar-refractivity contribution in [3.63, 3.8) is 0 Å². The van der Waals surface area contributed by atoms with Crippen LogP contribution in [0.2, 0.25) is 0 Å². The van der Waals surface area contributed by atoms with Crippen LogP contribution in [0.3, 0.4) is 0 Å². The number of ether oxygens (including phenoxy) is 3.